The summed E-state index contributed by atoms with van der Waals surface area (Å²) in [6, 6.07) is 6.16. The van der Waals surface area contributed by atoms with Gasteiger partial charge in [-0.1, -0.05) is 12.1 Å². The van der Waals surface area contributed by atoms with Gasteiger partial charge in [0.15, 0.2) is 0 Å². The van der Waals surface area contributed by atoms with Crippen LogP contribution in [0.25, 0.3) is 0 Å². The lowest BCUT2D eigenvalue weighted by molar-refractivity contribution is -0.156. The fraction of sp³-hybridized carbons (Fsp3) is 0.519. The molecule has 1 N–H and O–H groups in total. The van der Waals surface area contributed by atoms with Crippen LogP contribution < -0.4 is 9.80 Å². The average molecular weight is 602 g/mol. The van der Waals surface area contributed by atoms with Crippen molar-refractivity contribution in [1.82, 2.24) is 14.9 Å². The maximum absolute atomic E-state index is 13.7. The number of carboxylic acids is 1. The van der Waals surface area contributed by atoms with Crippen molar-refractivity contribution in [3.8, 4) is 0 Å². The van der Waals surface area contributed by atoms with Gasteiger partial charge in [0.25, 0.3) is 0 Å². The van der Waals surface area contributed by atoms with Crippen LogP contribution in [0.5, 0.6) is 0 Å². The molecule has 0 spiro atoms. The van der Waals surface area contributed by atoms with E-state index in [2.05, 4.69) is 9.97 Å². The highest BCUT2D eigenvalue weighted by molar-refractivity contribution is 6.31. The van der Waals surface area contributed by atoms with Gasteiger partial charge in [0.1, 0.15) is 17.4 Å². The van der Waals surface area contributed by atoms with Crippen molar-refractivity contribution in [2.24, 2.45) is 5.92 Å². The zero-order valence-corrected chi connectivity index (χ0v) is 22.4. The second-order valence-corrected chi connectivity index (χ2v) is 10.3. The summed E-state index contributed by atoms with van der Waals surface area (Å²) in [5.41, 5.74) is -0.0795. The van der Waals surface area contributed by atoms with Crippen molar-refractivity contribution >= 4 is 29.3 Å². The number of nitrogens with zero attached hydrogens (tertiary/aromatic N) is 5. The van der Waals surface area contributed by atoms with Gasteiger partial charge >= 0.3 is 24.2 Å². The van der Waals surface area contributed by atoms with E-state index >= 15 is 0 Å². The Morgan fingerprint density at radius 2 is 1.48 bits per heavy atom. The highest BCUT2D eigenvalue weighted by Crippen LogP contribution is 2.33. The van der Waals surface area contributed by atoms with Gasteiger partial charge < -0.3 is 19.8 Å². The first kappa shape index (κ1) is 31.0. The number of hydrogen-bond acceptors (Lipinski definition) is 7. The Labute approximate surface area is 237 Å². The Hall–Kier alpha value is -3.91. The summed E-state index contributed by atoms with van der Waals surface area (Å²) in [7, 11) is 0. The van der Waals surface area contributed by atoms with E-state index in [-0.39, 0.29) is 56.6 Å². The minimum Gasteiger partial charge on any atom is -0.474 e. The molecule has 0 radical (unpaired) electrons. The third-order valence-electron chi connectivity index (χ3n) is 7.40. The van der Waals surface area contributed by atoms with Crippen molar-refractivity contribution < 1.29 is 45.8 Å². The van der Waals surface area contributed by atoms with E-state index < -0.39 is 41.5 Å². The number of rotatable bonds is 7. The fourth-order valence-corrected chi connectivity index (χ4v) is 5.13. The summed E-state index contributed by atoms with van der Waals surface area (Å²) in [4.78, 5) is 47.3. The molecule has 1 atom stereocenters. The topological polar surface area (TPSA) is 107 Å². The van der Waals surface area contributed by atoms with E-state index in [4.69, 9.17) is 5.11 Å². The van der Waals surface area contributed by atoms with E-state index in [1.165, 1.54) is 23.1 Å². The molecule has 2 aromatic rings. The number of benzene rings is 1. The van der Waals surface area contributed by atoms with Crippen molar-refractivity contribution in [2.45, 2.75) is 44.5 Å². The number of carbonyl (C=O) groups is 3. The molecule has 0 aliphatic carbocycles. The molecule has 228 valence electrons. The van der Waals surface area contributed by atoms with Crippen molar-refractivity contribution in [1.29, 1.82) is 0 Å². The minimum absolute atomic E-state index is 0.00140. The van der Waals surface area contributed by atoms with Gasteiger partial charge in [-0.2, -0.15) is 26.3 Å². The Balaban J connectivity index is 1.40. The lowest BCUT2D eigenvalue weighted by Gasteiger charge is -2.36. The number of hydrogen-bond donors (Lipinski definition) is 1. The van der Waals surface area contributed by atoms with Crippen LogP contribution in [0.3, 0.4) is 0 Å². The Bertz CT molecular complexity index is 1290. The van der Waals surface area contributed by atoms with Crippen molar-refractivity contribution in [3.63, 3.8) is 0 Å². The third-order valence-corrected chi connectivity index (χ3v) is 7.40. The standard InChI is InChI=1S/C27H29F6N5O4/c28-26(29,30)19-8-6-17(7-9-19)3-1-5-20(39)18-4-2-10-38(16-18)22-15-21(34-25(35-22)27(31,32)33)36-11-13-37(14-12-36)23(40)24(41)42/h6-9,15,18H,1-5,10-14,16H2,(H,41,42)/t18-/m1/s1. The molecule has 2 saturated heterocycles. The number of piperidine rings is 1. The van der Waals surface area contributed by atoms with Crippen molar-refractivity contribution in [2.75, 3.05) is 49.1 Å². The molecule has 42 heavy (non-hydrogen) atoms. The second kappa shape index (κ2) is 12.5. The number of aliphatic carboxylic acids is 1. The molecule has 1 amide bonds. The third kappa shape index (κ3) is 7.68. The summed E-state index contributed by atoms with van der Waals surface area (Å²) in [5, 5.41) is 8.90. The lowest BCUT2D eigenvalue weighted by Crippen LogP contribution is -2.51. The molecule has 15 heteroatoms. The number of aryl methyl sites for hydroxylation is 1. The molecule has 2 aliphatic rings. The second-order valence-electron chi connectivity index (χ2n) is 10.3. The highest BCUT2D eigenvalue weighted by Gasteiger charge is 2.38. The first-order valence-corrected chi connectivity index (χ1v) is 13.4. The largest absolute Gasteiger partial charge is 0.474 e. The number of piperazine rings is 1. The van der Waals surface area contributed by atoms with Gasteiger partial charge in [-0.05, 0) is 43.4 Å². The van der Waals surface area contributed by atoms with E-state index in [9.17, 15) is 40.7 Å². The number of anilines is 2. The fourth-order valence-electron chi connectivity index (χ4n) is 5.13. The van der Waals surface area contributed by atoms with Crippen LogP contribution in [-0.2, 0) is 33.2 Å². The van der Waals surface area contributed by atoms with E-state index in [0.29, 0.717) is 37.8 Å². The molecule has 1 aromatic carbocycles. The number of ketones is 1. The van der Waals surface area contributed by atoms with Crippen LogP contribution in [0.2, 0.25) is 0 Å². The molecular weight excluding hydrogens is 572 g/mol. The number of aromatic nitrogens is 2. The molecule has 0 unspecified atom stereocenters. The number of carboxylic acid groups (broad SMARTS) is 1. The number of alkyl halides is 6. The summed E-state index contributed by atoms with van der Waals surface area (Å²) >= 11 is 0. The predicted molar refractivity (Wildman–Crippen MR) is 138 cm³/mol. The van der Waals surface area contributed by atoms with Gasteiger partial charge in [0.2, 0.25) is 5.82 Å². The number of amides is 1. The maximum atomic E-state index is 13.7. The van der Waals surface area contributed by atoms with Gasteiger partial charge in [0, 0.05) is 57.7 Å². The highest BCUT2D eigenvalue weighted by atomic mass is 19.4. The van der Waals surface area contributed by atoms with E-state index in [1.54, 1.807) is 4.90 Å². The zero-order valence-electron chi connectivity index (χ0n) is 22.4. The molecule has 2 aliphatic heterocycles. The molecular formula is C27H29F6N5O4. The SMILES string of the molecule is O=C(O)C(=O)N1CCN(c2cc(N3CCC[C@@H](C(=O)CCCc4ccc(C(F)(F)F)cc4)C3)nc(C(F)(F)F)n2)CC1. The van der Waals surface area contributed by atoms with Crippen LogP contribution in [0, 0.1) is 5.92 Å². The number of carbonyl (C=O) groups excluding carboxylic acids is 2. The normalized spacial score (nSPS) is 18.2. The summed E-state index contributed by atoms with van der Waals surface area (Å²) in [6.07, 6.45) is -7.14. The monoisotopic (exact) mass is 601 g/mol. The number of Topliss-reactive ketones (excluding diaryl/α,β-unsaturated/α-hetero) is 1. The van der Waals surface area contributed by atoms with Gasteiger partial charge in [0.05, 0.1) is 5.56 Å². The van der Waals surface area contributed by atoms with Crippen molar-refractivity contribution in [3.05, 3.63) is 47.3 Å². The molecule has 3 heterocycles. The summed E-state index contributed by atoms with van der Waals surface area (Å²) in [6.45, 7) is 0.689. The smallest absolute Gasteiger partial charge is 0.451 e. The first-order valence-electron chi connectivity index (χ1n) is 13.4. The molecule has 2 fully saturated rings. The van der Waals surface area contributed by atoms with Gasteiger partial charge in [-0.3, -0.25) is 9.59 Å². The van der Waals surface area contributed by atoms with Crippen LogP contribution in [0.15, 0.2) is 30.3 Å². The lowest BCUT2D eigenvalue weighted by atomic mass is 9.90. The Morgan fingerprint density at radius 3 is 2.05 bits per heavy atom. The van der Waals surface area contributed by atoms with Crippen LogP contribution in [-0.4, -0.2) is 76.9 Å². The number of halogens is 6. The molecule has 0 bridgehead atoms. The van der Waals surface area contributed by atoms with E-state index in [0.717, 1.165) is 17.0 Å². The molecule has 4 rings (SSSR count). The average Bonchev–Trinajstić information content (AvgIpc) is 2.96. The summed E-state index contributed by atoms with van der Waals surface area (Å²) < 4.78 is 79.4. The van der Waals surface area contributed by atoms with Crippen LogP contribution >= 0.6 is 0 Å². The molecule has 9 nitrogen and oxygen atoms in total. The Morgan fingerprint density at radius 1 is 0.857 bits per heavy atom. The Kier molecular flexibility index (Phi) is 9.26. The molecule has 0 saturated carbocycles. The molecule has 1 aromatic heterocycles. The van der Waals surface area contributed by atoms with Gasteiger partial charge in [-0.25, -0.2) is 14.8 Å². The van der Waals surface area contributed by atoms with Crippen LogP contribution in [0.1, 0.15) is 42.6 Å². The predicted octanol–water partition coefficient (Wildman–Crippen LogP) is 4.06. The zero-order chi connectivity index (χ0) is 30.7. The quantitative estimate of drug-likeness (QED) is 0.374. The van der Waals surface area contributed by atoms with E-state index in [1.807, 2.05) is 0 Å². The van der Waals surface area contributed by atoms with Crippen LogP contribution in [0.4, 0.5) is 38.0 Å². The van der Waals surface area contributed by atoms with Gasteiger partial charge in [-0.15, -0.1) is 0 Å². The summed E-state index contributed by atoms with van der Waals surface area (Å²) in [5.74, 6) is -4.55. The minimum atomic E-state index is -4.84. The maximum Gasteiger partial charge on any atom is 0.451 e. The first-order chi connectivity index (χ1) is 19.7.